The van der Waals surface area contributed by atoms with Crippen molar-refractivity contribution in [2.75, 3.05) is 13.2 Å². The van der Waals surface area contributed by atoms with Crippen LogP contribution in [0.1, 0.15) is 23.2 Å². The molecule has 6 nitrogen and oxygen atoms in total. The van der Waals surface area contributed by atoms with Crippen LogP contribution in [0.3, 0.4) is 0 Å². The molecule has 0 unspecified atom stereocenters. The average molecular weight is 453 g/mol. The van der Waals surface area contributed by atoms with Crippen molar-refractivity contribution in [3.05, 3.63) is 76.2 Å². The first-order valence-electron chi connectivity index (χ1n) is 8.85. The molecule has 2 N–H and O–H groups in total. The molecule has 0 heterocycles. The molecule has 0 saturated heterocycles. The molecule has 0 aromatic heterocycles. The van der Waals surface area contributed by atoms with E-state index in [0.717, 1.165) is 6.07 Å². The van der Waals surface area contributed by atoms with Gasteiger partial charge in [0, 0.05) is 35.3 Å². The van der Waals surface area contributed by atoms with Gasteiger partial charge in [0.2, 0.25) is 5.91 Å². The van der Waals surface area contributed by atoms with Crippen molar-refractivity contribution in [1.82, 2.24) is 10.6 Å². The Labute approximate surface area is 183 Å². The molecule has 0 fully saturated rings. The average Bonchev–Trinajstić information content (AvgIpc) is 2.69. The Morgan fingerprint density at radius 1 is 1.03 bits per heavy atom. The number of Topliss-reactive ketones (excluding diaryl/α,β-unsaturated/α-hetero) is 1. The van der Waals surface area contributed by atoms with Crippen LogP contribution in [0, 0.1) is 5.82 Å². The molecule has 0 aliphatic heterocycles. The van der Waals surface area contributed by atoms with E-state index < -0.39 is 17.6 Å². The number of ether oxygens (including phenoxy) is 1. The number of hydrogen-bond donors (Lipinski definition) is 2. The van der Waals surface area contributed by atoms with E-state index in [2.05, 4.69) is 17.2 Å². The second kappa shape index (κ2) is 11.3. The molecule has 0 atom stereocenters. The molecule has 158 valence electrons. The lowest BCUT2D eigenvalue weighted by molar-refractivity contribution is -0.123. The molecule has 9 heteroatoms. The topological polar surface area (TPSA) is 84.5 Å². The Bertz CT molecular complexity index is 949. The fourth-order valence-corrected chi connectivity index (χ4v) is 2.55. The summed E-state index contributed by atoms with van der Waals surface area (Å²) >= 11 is 11.3. The maximum Gasteiger partial charge on any atom is 0.257 e. The summed E-state index contributed by atoms with van der Waals surface area (Å²) in [7, 11) is 0. The SMILES string of the molecule is C=C(CCNC(=O)COc1ccc(Cl)c(F)c1)NC(=O)CC(=O)c1ccc(Cl)cc1. The summed E-state index contributed by atoms with van der Waals surface area (Å²) in [4.78, 5) is 35.8. The highest BCUT2D eigenvalue weighted by Gasteiger charge is 2.13. The van der Waals surface area contributed by atoms with Crippen LogP contribution in [0.15, 0.2) is 54.7 Å². The van der Waals surface area contributed by atoms with E-state index in [-0.39, 0.29) is 42.5 Å². The fourth-order valence-electron chi connectivity index (χ4n) is 2.31. The number of rotatable bonds is 10. The van der Waals surface area contributed by atoms with Gasteiger partial charge in [-0.15, -0.1) is 0 Å². The number of carbonyl (C=O) groups is 3. The predicted octanol–water partition coefficient (Wildman–Crippen LogP) is 3.92. The summed E-state index contributed by atoms with van der Waals surface area (Å²) in [5, 5.41) is 5.56. The van der Waals surface area contributed by atoms with E-state index >= 15 is 0 Å². The number of benzene rings is 2. The van der Waals surface area contributed by atoms with E-state index in [1.807, 2.05) is 0 Å². The zero-order valence-corrected chi connectivity index (χ0v) is 17.4. The predicted molar refractivity (Wildman–Crippen MR) is 112 cm³/mol. The maximum atomic E-state index is 13.3. The van der Waals surface area contributed by atoms with Gasteiger partial charge in [-0.25, -0.2) is 4.39 Å². The third-order valence-corrected chi connectivity index (χ3v) is 4.37. The van der Waals surface area contributed by atoms with Crippen molar-refractivity contribution in [2.45, 2.75) is 12.8 Å². The Morgan fingerprint density at radius 2 is 1.73 bits per heavy atom. The van der Waals surface area contributed by atoms with Crippen molar-refractivity contribution < 1.29 is 23.5 Å². The highest BCUT2D eigenvalue weighted by atomic mass is 35.5. The zero-order chi connectivity index (χ0) is 22.1. The lowest BCUT2D eigenvalue weighted by Crippen LogP contribution is -2.32. The van der Waals surface area contributed by atoms with Gasteiger partial charge >= 0.3 is 0 Å². The largest absolute Gasteiger partial charge is 0.484 e. The number of halogens is 3. The summed E-state index contributed by atoms with van der Waals surface area (Å²) in [6, 6.07) is 10.1. The second-order valence-electron chi connectivity index (χ2n) is 6.22. The van der Waals surface area contributed by atoms with Crippen LogP contribution in [-0.2, 0) is 9.59 Å². The van der Waals surface area contributed by atoms with Gasteiger partial charge in [-0.3, -0.25) is 14.4 Å². The van der Waals surface area contributed by atoms with Crippen LogP contribution in [0.4, 0.5) is 4.39 Å². The van der Waals surface area contributed by atoms with Crippen LogP contribution < -0.4 is 15.4 Å². The number of hydrogen-bond acceptors (Lipinski definition) is 4. The Morgan fingerprint density at radius 3 is 2.40 bits per heavy atom. The molecular formula is C21H19Cl2FN2O4. The van der Waals surface area contributed by atoms with Crippen LogP contribution in [0.25, 0.3) is 0 Å². The lowest BCUT2D eigenvalue weighted by Gasteiger charge is -2.10. The molecule has 2 aromatic rings. The van der Waals surface area contributed by atoms with Crippen LogP contribution in [0.5, 0.6) is 5.75 Å². The van der Waals surface area contributed by atoms with Crippen molar-refractivity contribution in [3.8, 4) is 5.75 Å². The van der Waals surface area contributed by atoms with Crippen molar-refractivity contribution in [3.63, 3.8) is 0 Å². The van der Waals surface area contributed by atoms with E-state index in [4.69, 9.17) is 27.9 Å². The molecule has 0 radical (unpaired) electrons. The Kier molecular flexibility index (Phi) is 8.83. The fraction of sp³-hybridized carbons (Fsp3) is 0.190. The molecule has 2 rings (SSSR count). The number of carbonyl (C=O) groups excluding carboxylic acids is 3. The van der Waals surface area contributed by atoms with E-state index in [1.165, 1.54) is 12.1 Å². The Hall–Kier alpha value is -2.90. The molecule has 2 aromatic carbocycles. The van der Waals surface area contributed by atoms with Gasteiger partial charge in [0.05, 0.1) is 11.4 Å². The lowest BCUT2D eigenvalue weighted by atomic mass is 10.1. The maximum absolute atomic E-state index is 13.3. The van der Waals surface area contributed by atoms with Crippen LogP contribution in [-0.4, -0.2) is 30.7 Å². The van der Waals surface area contributed by atoms with Crippen LogP contribution in [0.2, 0.25) is 10.0 Å². The van der Waals surface area contributed by atoms with Crippen molar-refractivity contribution >= 4 is 40.8 Å². The summed E-state index contributed by atoms with van der Waals surface area (Å²) < 4.78 is 18.5. The third-order valence-electron chi connectivity index (χ3n) is 3.81. The molecule has 0 aliphatic carbocycles. The highest BCUT2D eigenvalue weighted by Crippen LogP contribution is 2.20. The third kappa shape index (κ3) is 7.85. The van der Waals surface area contributed by atoms with Gasteiger partial charge in [0.15, 0.2) is 12.4 Å². The monoisotopic (exact) mass is 452 g/mol. The van der Waals surface area contributed by atoms with Crippen LogP contribution >= 0.6 is 23.2 Å². The minimum absolute atomic E-state index is 0.0396. The van der Waals surface area contributed by atoms with Gasteiger partial charge in [-0.1, -0.05) is 29.8 Å². The number of amides is 2. The molecule has 2 amide bonds. The minimum atomic E-state index is -0.642. The van der Waals surface area contributed by atoms with Gasteiger partial charge in [0.25, 0.3) is 5.91 Å². The molecule has 0 bridgehead atoms. The summed E-state index contributed by atoms with van der Waals surface area (Å²) in [6.45, 7) is 3.58. The first-order valence-corrected chi connectivity index (χ1v) is 9.61. The second-order valence-corrected chi connectivity index (χ2v) is 7.07. The normalized spacial score (nSPS) is 10.2. The molecule has 0 aliphatic rings. The smallest absolute Gasteiger partial charge is 0.257 e. The minimum Gasteiger partial charge on any atom is -0.484 e. The summed E-state index contributed by atoms with van der Waals surface area (Å²) in [5.41, 5.74) is 0.734. The van der Waals surface area contributed by atoms with Gasteiger partial charge in [-0.05, 0) is 36.4 Å². The standard InChI is InChI=1S/C21H19Cl2FN2O4/c1-13(26-20(28)11-19(27)14-2-4-15(22)5-3-14)8-9-25-21(29)12-30-16-6-7-17(23)18(24)10-16/h2-7,10H,1,8-9,11-12H2,(H,25,29)(H,26,28). The molecular weight excluding hydrogens is 434 g/mol. The van der Waals surface area contributed by atoms with Gasteiger partial charge < -0.3 is 15.4 Å². The van der Waals surface area contributed by atoms with Gasteiger partial charge in [-0.2, -0.15) is 0 Å². The summed E-state index contributed by atoms with van der Waals surface area (Å²) in [6.07, 6.45) is -0.0688. The molecule has 30 heavy (non-hydrogen) atoms. The zero-order valence-electron chi connectivity index (χ0n) is 15.8. The van der Waals surface area contributed by atoms with E-state index in [1.54, 1.807) is 24.3 Å². The van der Waals surface area contributed by atoms with E-state index in [0.29, 0.717) is 16.3 Å². The van der Waals surface area contributed by atoms with Crippen molar-refractivity contribution in [2.24, 2.45) is 0 Å². The summed E-state index contributed by atoms with van der Waals surface area (Å²) in [5.74, 6) is -1.74. The van der Waals surface area contributed by atoms with Crippen molar-refractivity contribution in [1.29, 1.82) is 0 Å². The molecule has 0 spiro atoms. The first kappa shape index (κ1) is 23.4. The first-order chi connectivity index (χ1) is 14.2. The van der Waals surface area contributed by atoms with Gasteiger partial charge in [0.1, 0.15) is 11.6 Å². The Balaban J connectivity index is 1.65. The molecule has 0 saturated carbocycles. The van der Waals surface area contributed by atoms with E-state index in [9.17, 15) is 18.8 Å². The highest BCUT2D eigenvalue weighted by molar-refractivity contribution is 6.31. The quantitative estimate of drug-likeness (QED) is 0.422. The number of nitrogens with one attached hydrogen (secondary N) is 2. The number of ketones is 1.